The van der Waals surface area contributed by atoms with Gasteiger partial charge in [0.25, 0.3) is 0 Å². The lowest BCUT2D eigenvalue weighted by Gasteiger charge is -2.27. The number of hydrazine groups is 1. The van der Waals surface area contributed by atoms with E-state index < -0.39 is 41.7 Å². The molecule has 0 spiro atoms. The summed E-state index contributed by atoms with van der Waals surface area (Å²) in [4.78, 5) is 19.1. The van der Waals surface area contributed by atoms with Crippen molar-refractivity contribution in [1.29, 1.82) is 0 Å². The maximum absolute atomic E-state index is 13.6. The average Bonchev–Trinajstić information content (AvgIpc) is 3.66. The van der Waals surface area contributed by atoms with Gasteiger partial charge in [-0.15, -0.1) is 0 Å². The Kier molecular flexibility index (Phi) is 7.33. The third kappa shape index (κ3) is 5.37. The number of ether oxygens (including phenoxy) is 1. The summed E-state index contributed by atoms with van der Waals surface area (Å²) >= 11 is 0. The number of alkyl halides is 6. The van der Waals surface area contributed by atoms with Crippen molar-refractivity contribution in [1.82, 2.24) is 20.0 Å². The molecule has 14 heteroatoms. The molecule has 0 aliphatic carbocycles. The number of aryl methyl sites for hydroxylation is 2. The molecule has 1 N–H and O–H groups in total. The van der Waals surface area contributed by atoms with E-state index in [-0.39, 0.29) is 18.2 Å². The van der Waals surface area contributed by atoms with E-state index in [1.54, 1.807) is 20.0 Å². The van der Waals surface area contributed by atoms with Crippen LogP contribution in [0.4, 0.5) is 37.0 Å². The van der Waals surface area contributed by atoms with Crippen molar-refractivity contribution in [3.8, 4) is 11.1 Å². The Bertz CT molecular complexity index is 1540. The standard InChI is InChI=1S/C30H31F6N5O3/c1-14-7-23-5-6-24(14)41(23)38-27-20(8-19(12-37-27)25-15(2)39-44-17(25)4)13-40-16(3)26(43-28(40)42)18-9-21(29(31,32)33)11-22(10-18)30(34,35)36/h8-12,14,16,23-24,26H,5-7,13H2,1-4H3,(H,37,38)/t14?,16-,23?,24?,26-/m0/s1. The van der Waals surface area contributed by atoms with Crippen molar-refractivity contribution in [3.63, 3.8) is 0 Å². The Morgan fingerprint density at radius 1 is 1.00 bits per heavy atom. The van der Waals surface area contributed by atoms with Crippen LogP contribution in [0.3, 0.4) is 0 Å². The largest absolute Gasteiger partial charge is 0.439 e. The van der Waals surface area contributed by atoms with Crippen LogP contribution >= 0.6 is 0 Å². The van der Waals surface area contributed by atoms with Crippen LogP contribution in [0.5, 0.6) is 0 Å². The van der Waals surface area contributed by atoms with E-state index in [0.717, 1.165) is 24.8 Å². The molecule has 0 saturated carbocycles. The molecule has 5 atom stereocenters. The van der Waals surface area contributed by atoms with Crippen molar-refractivity contribution in [2.24, 2.45) is 5.92 Å². The summed E-state index contributed by atoms with van der Waals surface area (Å²) in [7, 11) is 0. The zero-order chi connectivity index (χ0) is 31.7. The average molecular weight is 624 g/mol. The lowest BCUT2D eigenvalue weighted by atomic mass is 9.91. The second-order valence-electron chi connectivity index (χ2n) is 12.0. The van der Waals surface area contributed by atoms with Crippen LogP contribution in [0, 0.1) is 19.8 Å². The van der Waals surface area contributed by atoms with E-state index in [1.807, 2.05) is 6.07 Å². The van der Waals surface area contributed by atoms with Gasteiger partial charge in [-0.1, -0.05) is 12.1 Å². The van der Waals surface area contributed by atoms with Gasteiger partial charge >= 0.3 is 18.4 Å². The Morgan fingerprint density at radius 3 is 2.23 bits per heavy atom. The van der Waals surface area contributed by atoms with Crippen LogP contribution in [0.2, 0.25) is 0 Å². The molecular formula is C30H31F6N5O3. The summed E-state index contributed by atoms with van der Waals surface area (Å²) in [6.07, 6.45) is -7.48. The molecule has 2 bridgehead atoms. The highest BCUT2D eigenvalue weighted by molar-refractivity contribution is 5.73. The molecule has 3 unspecified atom stereocenters. The first-order valence-electron chi connectivity index (χ1n) is 14.4. The molecule has 6 rings (SSSR count). The van der Waals surface area contributed by atoms with Gasteiger partial charge in [-0.25, -0.2) is 14.8 Å². The topological polar surface area (TPSA) is 83.7 Å². The summed E-state index contributed by atoms with van der Waals surface area (Å²) in [6.45, 7) is 7.22. The third-order valence-electron chi connectivity index (χ3n) is 9.04. The van der Waals surface area contributed by atoms with E-state index in [1.165, 1.54) is 11.8 Å². The first kappa shape index (κ1) is 30.2. The van der Waals surface area contributed by atoms with Gasteiger partial charge in [0.05, 0.1) is 29.4 Å². The smallest absolute Gasteiger partial charge is 0.416 e. The highest BCUT2D eigenvalue weighted by Gasteiger charge is 2.46. The van der Waals surface area contributed by atoms with E-state index >= 15 is 0 Å². The van der Waals surface area contributed by atoms with E-state index in [0.29, 0.717) is 58.5 Å². The summed E-state index contributed by atoms with van der Waals surface area (Å²) < 4.78 is 92.1. The number of amides is 1. The number of rotatable bonds is 6. The minimum absolute atomic E-state index is 0.0544. The van der Waals surface area contributed by atoms with Crippen LogP contribution in [0.15, 0.2) is 35.0 Å². The number of cyclic esters (lactones) is 1. The molecule has 3 aliphatic heterocycles. The molecule has 3 saturated heterocycles. The second-order valence-corrected chi connectivity index (χ2v) is 12.0. The fraction of sp³-hybridized carbons (Fsp3) is 0.500. The molecule has 3 fully saturated rings. The van der Waals surface area contributed by atoms with Gasteiger partial charge < -0.3 is 14.7 Å². The SMILES string of the molecule is Cc1noc(C)c1-c1cnc(NN2C3CCC2C(C)C3)c(CN2C(=O)O[C@H](c3cc(C(F)(F)F)cc(C(F)(F)F)c3)[C@@H]2C)c1. The van der Waals surface area contributed by atoms with Gasteiger partial charge in [0.15, 0.2) is 0 Å². The van der Waals surface area contributed by atoms with Crippen LogP contribution in [0.25, 0.3) is 11.1 Å². The highest BCUT2D eigenvalue weighted by Crippen LogP contribution is 2.43. The Labute approximate surface area is 249 Å². The third-order valence-corrected chi connectivity index (χ3v) is 9.04. The highest BCUT2D eigenvalue weighted by atomic mass is 19.4. The summed E-state index contributed by atoms with van der Waals surface area (Å²) in [6, 6.07) is 2.84. The summed E-state index contributed by atoms with van der Waals surface area (Å²) in [5.74, 6) is 1.56. The Balaban J connectivity index is 1.34. The van der Waals surface area contributed by atoms with Crippen LogP contribution in [0.1, 0.15) is 72.9 Å². The molecule has 3 aromatic rings. The van der Waals surface area contributed by atoms with E-state index in [9.17, 15) is 31.1 Å². The monoisotopic (exact) mass is 623 g/mol. The number of nitrogens with zero attached hydrogens (tertiary/aromatic N) is 4. The number of hydrogen-bond donors (Lipinski definition) is 1. The molecule has 236 valence electrons. The van der Waals surface area contributed by atoms with Crippen molar-refractivity contribution >= 4 is 11.9 Å². The van der Waals surface area contributed by atoms with Gasteiger partial charge in [-0.2, -0.15) is 26.3 Å². The molecule has 3 aliphatic rings. The number of halogens is 6. The number of pyridine rings is 1. The number of carbonyl (C=O) groups is 1. The van der Waals surface area contributed by atoms with Gasteiger partial charge in [0.1, 0.15) is 17.7 Å². The molecule has 2 aromatic heterocycles. The molecule has 44 heavy (non-hydrogen) atoms. The van der Waals surface area contributed by atoms with Crippen LogP contribution < -0.4 is 5.43 Å². The zero-order valence-electron chi connectivity index (χ0n) is 24.4. The molecular weight excluding hydrogens is 592 g/mol. The first-order chi connectivity index (χ1) is 20.6. The lowest BCUT2D eigenvalue weighted by Crippen LogP contribution is -2.37. The van der Waals surface area contributed by atoms with Crippen molar-refractivity contribution in [3.05, 3.63) is 64.2 Å². The van der Waals surface area contributed by atoms with Gasteiger partial charge in [-0.05, 0) is 75.8 Å². The van der Waals surface area contributed by atoms with Gasteiger partial charge in [0, 0.05) is 35.0 Å². The minimum Gasteiger partial charge on any atom is -0.439 e. The van der Waals surface area contributed by atoms with Crippen molar-refractivity contribution < 1.29 is 40.4 Å². The normalized spacial score (nSPS) is 25.6. The number of fused-ring (bicyclic) bond motifs is 2. The Morgan fingerprint density at radius 2 is 1.68 bits per heavy atom. The van der Waals surface area contributed by atoms with Crippen LogP contribution in [-0.2, 0) is 23.6 Å². The maximum atomic E-state index is 13.6. The first-order valence-corrected chi connectivity index (χ1v) is 14.4. The van der Waals surface area contributed by atoms with E-state index in [2.05, 4.69) is 22.5 Å². The summed E-state index contributed by atoms with van der Waals surface area (Å²) in [5.41, 5.74) is 2.77. The number of anilines is 1. The van der Waals surface area contributed by atoms with Crippen LogP contribution in [-0.4, -0.2) is 44.3 Å². The van der Waals surface area contributed by atoms with E-state index in [4.69, 9.17) is 14.2 Å². The number of carbonyl (C=O) groups excluding carboxylic acids is 1. The quantitative estimate of drug-likeness (QED) is 0.282. The predicted molar refractivity (Wildman–Crippen MR) is 146 cm³/mol. The Hall–Kier alpha value is -3.81. The number of aromatic nitrogens is 2. The molecule has 1 amide bonds. The number of nitrogens with one attached hydrogen (secondary N) is 1. The molecule has 1 aromatic carbocycles. The fourth-order valence-corrected chi connectivity index (χ4v) is 6.83. The summed E-state index contributed by atoms with van der Waals surface area (Å²) in [5, 5.41) is 6.21. The van der Waals surface area contributed by atoms with Gasteiger partial charge in [-0.3, -0.25) is 4.90 Å². The van der Waals surface area contributed by atoms with Crippen molar-refractivity contribution in [2.75, 3.05) is 5.43 Å². The maximum Gasteiger partial charge on any atom is 0.416 e. The lowest BCUT2D eigenvalue weighted by molar-refractivity contribution is -0.143. The fourth-order valence-electron chi connectivity index (χ4n) is 6.83. The molecule has 0 radical (unpaired) electrons. The second kappa shape index (κ2) is 10.7. The zero-order valence-corrected chi connectivity index (χ0v) is 24.4. The van der Waals surface area contributed by atoms with Crippen molar-refractivity contribution in [2.45, 2.75) is 90.1 Å². The minimum atomic E-state index is -5.03. The number of benzene rings is 1. The molecule has 8 nitrogen and oxygen atoms in total. The number of hydrogen-bond acceptors (Lipinski definition) is 7. The molecule has 5 heterocycles. The predicted octanol–water partition coefficient (Wildman–Crippen LogP) is 7.67. The van der Waals surface area contributed by atoms with Gasteiger partial charge in [0.2, 0.25) is 0 Å².